The lowest BCUT2D eigenvalue weighted by Gasteiger charge is -2.45. The molecular weight excluding hydrogens is 220 g/mol. The molecule has 3 rings (SSSR count). The standard InChI is InChI=1S/C12H20N2O3/c1-6-2-4-16-10(6)12(15)14-9-8(13)7-3-5-17-11(7)9/h6-11H,2-5,13H2,1H3,(H,14,15). The highest BCUT2D eigenvalue weighted by Gasteiger charge is 2.53. The molecule has 2 saturated heterocycles. The van der Waals surface area contributed by atoms with Gasteiger partial charge in [0.1, 0.15) is 6.10 Å². The maximum Gasteiger partial charge on any atom is 0.249 e. The van der Waals surface area contributed by atoms with Crippen LogP contribution in [-0.2, 0) is 14.3 Å². The van der Waals surface area contributed by atoms with Gasteiger partial charge in [-0.2, -0.15) is 0 Å². The average Bonchev–Trinajstić information content (AvgIpc) is 2.91. The summed E-state index contributed by atoms with van der Waals surface area (Å²) in [5, 5.41) is 3.00. The predicted molar refractivity (Wildman–Crippen MR) is 61.3 cm³/mol. The lowest BCUT2D eigenvalue weighted by molar-refractivity contribution is -0.136. The van der Waals surface area contributed by atoms with Crippen LogP contribution in [0.4, 0.5) is 0 Å². The van der Waals surface area contributed by atoms with Crippen molar-refractivity contribution in [3.05, 3.63) is 0 Å². The Morgan fingerprint density at radius 1 is 1.29 bits per heavy atom. The van der Waals surface area contributed by atoms with Crippen LogP contribution in [0.15, 0.2) is 0 Å². The summed E-state index contributed by atoms with van der Waals surface area (Å²) in [6.45, 7) is 3.50. The van der Waals surface area contributed by atoms with Gasteiger partial charge < -0.3 is 20.5 Å². The quantitative estimate of drug-likeness (QED) is 0.691. The molecule has 1 saturated carbocycles. The molecule has 3 aliphatic rings. The first-order chi connectivity index (χ1) is 8.18. The molecule has 2 aliphatic heterocycles. The van der Waals surface area contributed by atoms with Gasteiger partial charge in [-0.3, -0.25) is 4.79 Å². The summed E-state index contributed by atoms with van der Waals surface area (Å²) in [7, 11) is 0. The van der Waals surface area contributed by atoms with Crippen molar-refractivity contribution in [2.24, 2.45) is 17.6 Å². The van der Waals surface area contributed by atoms with Crippen LogP contribution in [0.1, 0.15) is 19.8 Å². The summed E-state index contributed by atoms with van der Waals surface area (Å²) < 4.78 is 11.0. The van der Waals surface area contributed by atoms with Crippen LogP contribution >= 0.6 is 0 Å². The van der Waals surface area contributed by atoms with E-state index in [9.17, 15) is 4.79 Å². The molecule has 0 aromatic carbocycles. The Morgan fingerprint density at radius 3 is 2.76 bits per heavy atom. The number of hydrogen-bond donors (Lipinski definition) is 2. The zero-order chi connectivity index (χ0) is 12.0. The highest BCUT2D eigenvalue weighted by molar-refractivity contribution is 5.82. The zero-order valence-corrected chi connectivity index (χ0v) is 10.1. The van der Waals surface area contributed by atoms with E-state index in [4.69, 9.17) is 15.2 Å². The Bertz CT molecular complexity index is 323. The molecule has 6 atom stereocenters. The molecule has 5 nitrogen and oxygen atoms in total. The summed E-state index contributed by atoms with van der Waals surface area (Å²) in [5.41, 5.74) is 6.05. The Balaban J connectivity index is 1.58. The minimum absolute atomic E-state index is 0.0219. The third kappa shape index (κ3) is 1.77. The van der Waals surface area contributed by atoms with E-state index in [-0.39, 0.29) is 30.2 Å². The second-order valence-corrected chi connectivity index (χ2v) is 5.46. The van der Waals surface area contributed by atoms with E-state index >= 15 is 0 Å². The topological polar surface area (TPSA) is 73.6 Å². The molecule has 3 N–H and O–H groups in total. The summed E-state index contributed by atoms with van der Waals surface area (Å²) >= 11 is 0. The first-order valence-electron chi connectivity index (χ1n) is 6.47. The third-order valence-electron chi connectivity index (χ3n) is 4.40. The highest BCUT2D eigenvalue weighted by atomic mass is 16.5. The molecule has 2 heterocycles. The number of carbonyl (C=O) groups is 1. The van der Waals surface area contributed by atoms with Gasteiger partial charge in [0.15, 0.2) is 0 Å². The van der Waals surface area contributed by atoms with Gasteiger partial charge in [0.25, 0.3) is 0 Å². The summed E-state index contributed by atoms with van der Waals surface area (Å²) in [6.07, 6.45) is 1.81. The molecule has 6 unspecified atom stereocenters. The van der Waals surface area contributed by atoms with Crippen LogP contribution in [-0.4, -0.2) is 43.4 Å². The van der Waals surface area contributed by atoms with Crippen molar-refractivity contribution in [1.29, 1.82) is 0 Å². The van der Waals surface area contributed by atoms with E-state index in [2.05, 4.69) is 5.32 Å². The van der Waals surface area contributed by atoms with Crippen molar-refractivity contribution in [2.45, 2.75) is 44.1 Å². The Kier molecular flexibility index (Phi) is 2.84. The summed E-state index contributed by atoms with van der Waals surface area (Å²) in [4.78, 5) is 12.0. The lowest BCUT2D eigenvalue weighted by Crippen LogP contribution is -2.69. The lowest BCUT2D eigenvalue weighted by atomic mass is 9.72. The van der Waals surface area contributed by atoms with E-state index in [1.807, 2.05) is 6.92 Å². The minimum atomic E-state index is -0.303. The summed E-state index contributed by atoms with van der Waals surface area (Å²) in [6, 6.07) is 0.0227. The van der Waals surface area contributed by atoms with Crippen LogP contribution in [0.3, 0.4) is 0 Å². The van der Waals surface area contributed by atoms with E-state index in [1.165, 1.54) is 0 Å². The molecule has 0 aromatic rings. The van der Waals surface area contributed by atoms with Crippen molar-refractivity contribution >= 4 is 5.91 Å². The number of amides is 1. The molecule has 5 heteroatoms. The second-order valence-electron chi connectivity index (χ2n) is 5.46. The van der Waals surface area contributed by atoms with Crippen molar-refractivity contribution < 1.29 is 14.3 Å². The average molecular weight is 240 g/mol. The van der Waals surface area contributed by atoms with E-state index in [0.717, 1.165) is 19.4 Å². The fraction of sp³-hybridized carbons (Fsp3) is 0.917. The summed E-state index contributed by atoms with van der Waals surface area (Å²) in [5.74, 6) is 0.707. The highest BCUT2D eigenvalue weighted by Crippen LogP contribution is 2.38. The molecule has 0 spiro atoms. The SMILES string of the molecule is CC1CCOC1C(=O)NC1C(N)C2CCOC21. The second kappa shape index (κ2) is 4.23. The number of hydrogen-bond acceptors (Lipinski definition) is 4. The van der Waals surface area contributed by atoms with Crippen molar-refractivity contribution in [3.8, 4) is 0 Å². The zero-order valence-electron chi connectivity index (χ0n) is 10.1. The molecule has 96 valence electrons. The predicted octanol–water partition coefficient (Wildman–Crippen LogP) is -0.358. The van der Waals surface area contributed by atoms with Gasteiger partial charge in [-0.05, 0) is 18.8 Å². The van der Waals surface area contributed by atoms with Crippen LogP contribution in [0.25, 0.3) is 0 Å². The Labute approximate surface area is 101 Å². The number of rotatable bonds is 2. The molecule has 0 radical (unpaired) electrons. The van der Waals surface area contributed by atoms with Gasteiger partial charge >= 0.3 is 0 Å². The van der Waals surface area contributed by atoms with Gasteiger partial charge in [-0.25, -0.2) is 0 Å². The van der Waals surface area contributed by atoms with Gasteiger partial charge in [0.05, 0.1) is 12.1 Å². The maximum absolute atomic E-state index is 12.0. The van der Waals surface area contributed by atoms with Gasteiger partial charge in [-0.15, -0.1) is 0 Å². The van der Waals surface area contributed by atoms with Crippen LogP contribution in [0, 0.1) is 11.8 Å². The largest absolute Gasteiger partial charge is 0.376 e. The first-order valence-corrected chi connectivity index (χ1v) is 6.47. The molecule has 1 aliphatic carbocycles. The normalized spacial score (nSPS) is 48.6. The smallest absolute Gasteiger partial charge is 0.249 e. The van der Waals surface area contributed by atoms with Crippen molar-refractivity contribution in [2.75, 3.05) is 13.2 Å². The molecular formula is C12H20N2O3. The monoisotopic (exact) mass is 240 g/mol. The van der Waals surface area contributed by atoms with Crippen molar-refractivity contribution in [3.63, 3.8) is 0 Å². The minimum Gasteiger partial charge on any atom is -0.376 e. The molecule has 3 fully saturated rings. The van der Waals surface area contributed by atoms with Crippen LogP contribution < -0.4 is 11.1 Å². The van der Waals surface area contributed by atoms with Gasteiger partial charge in [-0.1, -0.05) is 6.92 Å². The van der Waals surface area contributed by atoms with E-state index < -0.39 is 0 Å². The first kappa shape index (κ1) is 11.4. The number of ether oxygens (including phenoxy) is 2. The van der Waals surface area contributed by atoms with Crippen LogP contribution in [0.5, 0.6) is 0 Å². The number of carbonyl (C=O) groups excluding carboxylic acids is 1. The Morgan fingerprint density at radius 2 is 2.06 bits per heavy atom. The number of fused-ring (bicyclic) bond motifs is 1. The fourth-order valence-electron chi connectivity index (χ4n) is 3.20. The van der Waals surface area contributed by atoms with Crippen molar-refractivity contribution in [1.82, 2.24) is 5.32 Å². The van der Waals surface area contributed by atoms with E-state index in [0.29, 0.717) is 18.4 Å². The Hall–Kier alpha value is -0.650. The molecule has 17 heavy (non-hydrogen) atoms. The molecule has 0 bridgehead atoms. The third-order valence-corrected chi connectivity index (χ3v) is 4.40. The molecule has 0 aromatic heterocycles. The molecule has 1 amide bonds. The number of nitrogens with one attached hydrogen (secondary N) is 1. The van der Waals surface area contributed by atoms with Gasteiger partial charge in [0, 0.05) is 25.2 Å². The van der Waals surface area contributed by atoms with E-state index in [1.54, 1.807) is 0 Å². The van der Waals surface area contributed by atoms with Crippen LogP contribution in [0.2, 0.25) is 0 Å². The van der Waals surface area contributed by atoms with Gasteiger partial charge in [0.2, 0.25) is 5.91 Å². The maximum atomic E-state index is 12.0. The fourth-order valence-corrected chi connectivity index (χ4v) is 3.20. The number of nitrogens with two attached hydrogens (primary N) is 1.